The van der Waals surface area contributed by atoms with Gasteiger partial charge in [-0.3, -0.25) is 4.79 Å². The fourth-order valence-electron chi connectivity index (χ4n) is 1.91. The molecule has 24 heavy (non-hydrogen) atoms. The summed E-state index contributed by atoms with van der Waals surface area (Å²) in [6.45, 7) is 5.50. The fraction of sp³-hybridized carbons (Fsp3) is 0.500. The first-order chi connectivity index (χ1) is 11.0. The van der Waals surface area contributed by atoms with E-state index in [-0.39, 0.29) is 12.2 Å². The van der Waals surface area contributed by atoms with Crippen LogP contribution in [0.15, 0.2) is 30.3 Å². The second kappa shape index (κ2) is 8.44. The topological polar surface area (TPSA) is 35.5 Å². The molecule has 1 atom stereocenters. The minimum Gasteiger partial charge on any atom is -0.347 e. The van der Waals surface area contributed by atoms with E-state index in [1.54, 1.807) is 26.8 Å². The Labute approximate surface area is 140 Å². The summed E-state index contributed by atoms with van der Waals surface area (Å²) < 4.78 is 47.1. The summed E-state index contributed by atoms with van der Waals surface area (Å²) in [5, 5.41) is 0. The number of hydrogen-bond acceptors (Lipinski definition) is 3. The molecule has 0 aliphatic heterocycles. The summed E-state index contributed by atoms with van der Waals surface area (Å²) >= 11 is 0. The van der Waals surface area contributed by atoms with E-state index in [9.17, 15) is 18.0 Å². The lowest BCUT2D eigenvalue weighted by atomic mass is 10.1. The molecule has 1 aromatic rings. The van der Waals surface area contributed by atoms with Gasteiger partial charge >= 0.3 is 6.18 Å². The van der Waals surface area contributed by atoms with Gasteiger partial charge in [-0.1, -0.05) is 30.3 Å². The molecule has 0 aromatic heterocycles. The van der Waals surface area contributed by atoms with Gasteiger partial charge < -0.3 is 9.47 Å². The van der Waals surface area contributed by atoms with Gasteiger partial charge in [0.2, 0.25) is 0 Å². The number of alkyl halides is 3. The lowest BCUT2D eigenvalue weighted by Crippen LogP contribution is -2.33. The Kier molecular flexibility index (Phi) is 7.17. The maximum atomic E-state index is 12.3. The maximum absolute atomic E-state index is 12.3. The molecule has 0 saturated carbocycles. The first-order valence-corrected chi connectivity index (χ1v) is 7.59. The quantitative estimate of drug-likeness (QED) is 0.532. The molecule has 6 heteroatoms. The van der Waals surface area contributed by atoms with Crippen molar-refractivity contribution in [3.05, 3.63) is 41.5 Å². The van der Waals surface area contributed by atoms with Crippen molar-refractivity contribution >= 4 is 11.9 Å². The van der Waals surface area contributed by atoms with Crippen molar-refractivity contribution in [1.29, 1.82) is 0 Å². The summed E-state index contributed by atoms with van der Waals surface area (Å²) in [4.78, 5) is 12.0. The molecule has 0 heterocycles. The van der Waals surface area contributed by atoms with Gasteiger partial charge in [0.05, 0.1) is 12.0 Å². The second-order valence-corrected chi connectivity index (χ2v) is 6.45. The van der Waals surface area contributed by atoms with Gasteiger partial charge in [-0.15, -0.1) is 0 Å². The van der Waals surface area contributed by atoms with Gasteiger partial charge in [0, 0.05) is 0 Å². The predicted octanol–water partition coefficient (Wildman–Crippen LogP) is 4.69. The fourth-order valence-corrected chi connectivity index (χ4v) is 1.91. The summed E-state index contributed by atoms with van der Waals surface area (Å²) in [6, 6.07) is 7.48. The largest absolute Gasteiger partial charge is 0.411 e. The Hall–Kier alpha value is -1.66. The van der Waals surface area contributed by atoms with Crippen molar-refractivity contribution in [1.82, 2.24) is 0 Å². The van der Waals surface area contributed by atoms with E-state index < -0.39 is 24.7 Å². The standard InChI is InChI=1S/C18H23F3O3/c1-13-7-5-6-8-14(13)9-10-15(22)11-16(24-17(2,3)4)23-12-18(19,20)21/h5-10,16H,11-12H2,1-4H3/b10-9+. The van der Waals surface area contributed by atoms with E-state index in [1.165, 1.54) is 6.08 Å². The number of ether oxygens (including phenoxy) is 2. The molecule has 1 unspecified atom stereocenters. The molecule has 1 rings (SSSR count). The molecule has 0 saturated heterocycles. The van der Waals surface area contributed by atoms with E-state index in [0.29, 0.717) is 0 Å². The van der Waals surface area contributed by atoms with Crippen LogP contribution in [0.4, 0.5) is 13.2 Å². The van der Waals surface area contributed by atoms with Gasteiger partial charge in [0.25, 0.3) is 0 Å². The molecule has 3 nitrogen and oxygen atoms in total. The van der Waals surface area contributed by atoms with Gasteiger partial charge in [-0.25, -0.2) is 0 Å². The number of ketones is 1. The zero-order valence-electron chi connectivity index (χ0n) is 14.3. The minimum atomic E-state index is -4.47. The average Bonchev–Trinajstić information content (AvgIpc) is 2.41. The van der Waals surface area contributed by atoms with Crippen molar-refractivity contribution in [3.8, 4) is 0 Å². The third-order valence-corrected chi connectivity index (χ3v) is 2.92. The number of allylic oxidation sites excluding steroid dienone is 1. The summed E-state index contributed by atoms with van der Waals surface area (Å²) in [7, 11) is 0. The van der Waals surface area contributed by atoms with Crippen LogP contribution < -0.4 is 0 Å². The Bertz CT molecular complexity index is 572. The predicted molar refractivity (Wildman–Crippen MR) is 86.5 cm³/mol. The zero-order valence-corrected chi connectivity index (χ0v) is 14.3. The normalized spacial score (nSPS) is 14.1. The van der Waals surface area contributed by atoms with Gasteiger partial charge in [-0.2, -0.15) is 13.2 Å². The molecule has 0 spiro atoms. The van der Waals surface area contributed by atoms with Crippen molar-refractivity contribution in [2.75, 3.05) is 6.61 Å². The highest BCUT2D eigenvalue weighted by Crippen LogP contribution is 2.20. The highest BCUT2D eigenvalue weighted by Gasteiger charge is 2.31. The molecular formula is C18H23F3O3. The van der Waals surface area contributed by atoms with Crippen molar-refractivity contribution in [3.63, 3.8) is 0 Å². The van der Waals surface area contributed by atoms with Crippen molar-refractivity contribution < 1.29 is 27.4 Å². The zero-order chi connectivity index (χ0) is 18.4. The molecule has 0 amide bonds. The third-order valence-electron chi connectivity index (χ3n) is 2.92. The molecule has 1 aromatic carbocycles. The number of halogens is 3. The van der Waals surface area contributed by atoms with Gasteiger partial charge in [-0.05, 0) is 44.9 Å². The first kappa shape index (κ1) is 20.4. The monoisotopic (exact) mass is 344 g/mol. The highest BCUT2D eigenvalue weighted by molar-refractivity contribution is 5.93. The van der Waals surface area contributed by atoms with E-state index in [4.69, 9.17) is 9.47 Å². The number of hydrogen-bond donors (Lipinski definition) is 0. The van der Waals surface area contributed by atoms with Crippen LogP contribution in [0.1, 0.15) is 38.3 Å². The Morgan fingerprint density at radius 2 is 1.83 bits per heavy atom. The van der Waals surface area contributed by atoms with E-state index in [0.717, 1.165) is 11.1 Å². The molecular weight excluding hydrogens is 321 g/mol. The van der Waals surface area contributed by atoms with Crippen LogP contribution in [-0.4, -0.2) is 30.5 Å². The Morgan fingerprint density at radius 1 is 1.21 bits per heavy atom. The van der Waals surface area contributed by atoms with Crippen molar-refractivity contribution in [2.45, 2.75) is 52.2 Å². The Balaban J connectivity index is 2.70. The van der Waals surface area contributed by atoms with Crippen LogP contribution in [0.3, 0.4) is 0 Å². The lowest BCUT2D eigenvalue weighted by Gasteiger charge is -2.27. The van der Waals surface area contributed by atoms with Gasteiger partial charge in [0.1, 0.15) is 6.61 Å². The van der Waals surface area contributed by atoms with Crippen LogP contribution in [0.25, 0.3) is 6.08 Å². The molecule has 0 N–H and O–H groups in total. The number of carbonyl (C=O) groups is 1. The molecule has 0 bridgehead atoms. The van der Waals surface area contributed by atoms with Crippen LogP contribution in [0.5, 0.6) is 0 Å². The maximum Gasteiger partial charge on any atom is 0.411 e. The number of benzene rings is 1. The smallest absolute Gasteiger partial charge is 0.347 e. The molecule has 0 fully saturated rings. The molecule has 0 aliphatic rings. The molecule has 0 aliphatic carbocycles. The minimum absolute atomic E-state index is 0.282. The summed E-state index contributed by atoms with van der Waals surface area (Å²) in [5.74, 6) is -0.366. The SMILES string of the molecule is Cc1ccccc1/C=C/C(=O)CC(OCC(F)(F)F)OC(C)(C)C. The van der Waals surface area contributed by atoms with E-state index in [2.05, 4.69) is 0 Å². The van der Waals surface area contributed by atoms with Crippen LogP contribution >= 0.6 is 0 Å². The average molecular weight is 344 g/mol. The second-order valence-electron chi connectivity index (χ2n) is 6.45. The van der Waals surface area contributed by atoms with Crippen LogP contribution in [-0.2, 0) is 14.3 Å². The van der Waals surface area contributed by atoms with Crippen LogP contribution in [0, 0.1) is 6.92 Å². The van der Waals surface area contributed by atoms with E-state index in [1.807, 2.05) is 31.2 Å². The van der Waals surface area contributed by atoms with Gasteiger partial charge in [0.15, 0.2) is 12.1 Å². The van der Waals surface area contributed by atoms with Crippen LogP contribution in [0.2, 0.25) is 0 Å². The number of rotatable bonds is 7. The van der Waals surface area contributed by atoms with Crippen molar-refractivity contribution in [2.24, 2.45) is 0 Å². The number of aryl methyl sites for hydroxylation is 1. The Morgan fingerprint density at radius 3 is 2.38 bits per heavy atom. The highest BCUT2D eigenvalue weighted by atomic mass is 19.4. The first-order valence-electron chi connectivity index (χ1n) is 7.59. The lowest BCUT2D eigenvalue weighted by molar-refractivity contribution is -0.250. The molecule has 0 radical (unpaired) electrons. The molecule has 134 valence electrons. The number of carbonyl (C=O) groups excluding carboxylic acids is 1. The third kappa shape index (κ3) is 8.84. The summed E-state index contributed by atoms with van der Waals surface area (Å²) in [6.07, 6.45) is -3.04. The summed E-state index contributed by atoms with van der Waals surface area (Å²) in [5.41, 5.74) is 1.14. The van der Waals surface area contributed by atoms with E-state index >= 15 is 0 Å².